The molecule has 7 aromatic carbocycles. The lowest BCUT2D eigenvalue weighted by Crippen LogP contribution is -2.61. The van der Waals surface area contributed by atoms with Crippen molar-refractivity contribution in [2.24, 2.45) is 0 Å². The molecule has 0 atom stereocenters. The summed E-state index contributed by atoms with van der Waals surface area (Å²) < 4.78 is 1.39. The Kier molecular flexibility index (Phi) is 9.16. The van der Waals surface area contributed by atoms with E-state index in [1.54, 1.807) is 0 Å². The molecule has 4 heteroatoms. The second-order valence-electron chi connectivity index (χ2n) is 22.1. The van der Waals surface area contributed by atoms with E-state index in [4.69, 9.17) is 0 Å². The minimum atomic E-state index is -0.108. The van der Waals surface area contributed by atoms with Crippen LogP contribution in [-0.2, 0) is 21.7 Å². The molecule has 0 amide bonds. The van der Waals surface area contributed by atoms with Crippen LogP contribution in [-0.4, -0.2) is 6.71 Å². The normalized spacial score (nSPS) is 16.0. The van der Waals surface area contributed by atoms with Crippen molar-refractivity contribution in [2.75, 3.05) is 9.80 Å². The fraction of sp³-hybridized carbons (Fsp3) is 0.267. The first-order valence-corrected chi connectivity index (χ1v) is 24.2. The molecule has 3 heterocycles. The summed E-state index contributed by atoms with van der Waals surface area (Å²) in [6.45, 7) is 23.9. The van der Waals surface area contributed by atoms with Gasteiger partial charge in [-0.25, -0.2) is 0 Å². The molecule has 0 radical (unpaired) electrons. The van der Waals surface area contributed by atoms with Crippen molar-refractivity contribution in [1.82, 2.24) is 0 Å². The molecule has 0 bridgehead atoms. The molecule has 2 aliphatic heterocycles. The van der Waals surface area contributed by atoms with E-state index in [1.807, 2.05) is 11.3 Å². The average Bonchev–Trinajstić information content (AvgIpc) is 3.65. The monoisotopic (exact) mass is 850 g/mol. The maximum atomic E-state index is 2.65. The number of fused-ring (bicyclic) bond motifs is 7. The van der Waals surface area contributed by atoms with Gasteiger partial charge in [0, 0.05) is 33.1 Å². The fourth-order valence-corrected chi connectivity index (χ4v) is 12.2. The van der Waals surface area contributed by atoms with Gasteiger partial charge in [0.2, 0.25) is 0 Å². The van der Waals surface area contributed by atoms with Gasteiger partial charge in [-0.05, 0) is 155 Å². The van der Waals surface area contributed by atoms with Gasteiger partial charge in [-0.15, -0.1) is 11.3 Å². The topological polar surface area (TPSA) is 6.48 Å². The minimum absolute atomic E-state index is 0.0269. The quantitative estimate of drug-likeness (QED) is 0.163. The molecule has 11 rings (SSSR count). The minimum Gasteiger partial charge on any atom is -0.311 e. The van der Waals surface area contributed by atoms with Crippen LogP contribution in [0.5, 0.6) is 0 Å². The highest BCUT2D eigenvalue weighted by Crippen LogP contribution is 2.53. The SMILES string of the molecule is CC(C)(C)c1ccc(N2c3cc(C(C)(C)C)cc4c3B(c3ccc(-c5ccccc5)cc3N4c3cccc(-c4ccccc4)c3)c3c2sc2cc4c(cc32)C(C)(C)CCC4(C)C)cc1. The summed E-state index contributed by atoms with van der Waals surface area (Å²) in [5.41, 5.74) is 21.1. The molecule has 0 saturated carbocycles. The highest BCUT2D eigenvalue weighted by molar-refractivity contribution is 7.26. The first-order valence-electron chi connectivity index (χ1n) is 23.3. The van der Waals surface area contributed by atoms with Crippen LogP contribution in [0.15, 0.2) is 152 Å². The predicted molar refractivity (Wildman–Crippen MR) is 279 cm³/mol. The van der Waals surface area contributed by atoms with Crippen LogP contribution in [0, 0.1) is 0 Å². The molecule has 0 unspecified atom stereocenters. The van der Waals surface area contributed by atoms with Gasteiger partial charge in [-0.1, -0.05) is 166 Å². The fourth-order valence-electron chi connectivity index (χ4n) is 10.9. The Bertz CT molecular complexity index is 3120. The summed E-state index contributed by atoms with van der Waals surface area (Å²) in [5, 5.41) is 2.74. The van der Waals surface area contributed by atoms with Crippen LogP contribution in [0.25, 0.3) is 32.3 Å². The molecule has 8 aromatic rings. The maximum Gasteiger partial charge on any atom is 0.254 e. The largest absolute Gasteiger partial charge is 0.311 e. The Morgan fingerprint density at radius 2 is 1.03 bits per heavy atom. The van der Waals surface area contributed by atoms with Crippen molar-refractivity contribution in [2.45, 2.75) is 104 Å². The van der Waals surface area contributed by atoms with Crippen molar-refractivity contribution in [3.05, 3.63) is 174 Å². The summed E-state index contributed by atoms with van der Waals surface area (Å²) in [7, 11) is 0. The van der Waals surface area contributed by atoms with Crippen LogP contribution in [0.3, 0.4) is 0 Å². The van der Waals surface area contributed by atoms with E-state index >= 15 is 0 Å². The number of thiophene rings is 1. The van der Waals surface area contributed by atoms with E-state index in [0.29, 0.717) is 0 Å². The Labute approximate surface area is 385 Å². The van der Waals surface area contributed by atoms with Gasteiger partial charge in [0.25, 0.3) is 6.71 Å². The third-order valence-corrected chi connectivity index (χ3v) is 16.0. The van der Waals surface area contributed by atoms with Crippen molar-refractivity contribution < 1.29 is 0 Å². The maximum absolute atomic E-state index is 2.65. The third kappa shape index (κ3) is 6.50. The van der Waals surface area contributed by atoms with E-state index in [2.05, 4.69) is 231 Å². The first-order chi connectivity index (χ1) is 30.5. The Balaban J connectivity index is 1.27. The molecule has 1 aliphatic carbocycles. The second-order valence-corrected chi connectivity index (χ2v) is 23.1. The highest BCUT2D eigenvalue weighted by atomic mass is 32.1. The van der Waals surface area contributed by atoms with Gasteiger partial charge >= 0.3 is 0 Å². The Morgan fingerprint density at radius 3 is 1.64 bits per heavy atom. The smallest absolute Gasteiger partial charge is 0.254 e. The molecule has 0 N–H and O–H groups in total. The lowest BCUT2D eigenvalue weighted by molar-refractivity contribution is 0.332. The Hall–Kier alpha value is -5.84. The van der Waals surface area contributed by atoms with E-state index in [1.165, 1.54) is 117 Å². The molecule has 64 heavy (non-hydrogen) atoms. The van der Waals surface area contributed by atoms with Crippen molar-refractivity contribution in [3.8, 4) is 22.3 Å². The van der Waals surface area contributed by atoms with Crippen LogP contribution in [0.1, 0.15) is 104 Å². The molecule has 3 aliphatic rings. The summed E-state index contributed by atoms with van der Waals surface area (Å²) in [5.74, 6) is 0. The zero-order valence-electron chi connectivity index (χ0n) is 39.2. The number of hydrogen-bond acceptors (Lipinski definition) is 3. The van der Waals surface area contributed by atoms with E-state index in [0.717, 1.165) is 0 Å². The summed E-state index contributed by atoms with van der Waals surface area (Å²) in [4.78, 5) is 5.25. The molecule has 0 fully saturated rings. The number of anilines is 6. The van der Waals surface area contributed by atoms with Gasteiger partial charge in [0.05, 0.1) is 5.00 Å². The number of nitrogens with zero attached hydrogens (tertiary/aromatic N) is 2. The molecular weight excluding hydrogens is 792 g/mol. The van der Waals surface area contributed by atoms with Crippen LogP contribution in [0.2, 0.25) is 0 Å². The zero-order valence-corrected chi connectivity index (χ0v) is 40.0. The molecule has 2 nitrogen and oxygen atoms in total. The van der Waals surface area contributed by atoms with Crippen molar-refractivity contribution in [3.63, 3.8) is 0 Å². The van der Waals surface area contributed by atoms with Crippen LogP contribution in [0.4, 0.5) is 33.4 Å². The number of hydrogen-bond donors (Lipinski definition) is 0. The van der Waals surface area contributed by atoms with Gasteiger partial charge in [-0.3, -0.25) is 0 Å². The molecule has 1 aromatic heterocycles. The average molecular weight is 851 g/mol. The summed E-state index contributed by atoms with van der Waals surface area (Å²) in [6.07, 6.45) is 2.38. The number of rotatable bonds is 4. The standard InChI is InChI=1S/C60H59BN2S/c1-57(2,3)42-25-27-44(28-26-42)63-52-35-43(58(4,5)6)34-51-55(52)61(54-46-36-47-48(37-53(46)64-56(54)63)60(9,10)31-30-59(47,7)8)49-29-24-41(39-20-15-12-16-21-39)33-50(49)62(51)45-23-17-22-40(32-45)38-18-13-11-14-19-38/h11-29,32-37H,30-31H2,1-10H3. The summed E-state index contributed by atoms with van der Waals surface area (Å²) in [6, 6.07) is 58.1. The highest BCUT2D eigenvalue weighted by Gasteiger charge is 2.47. The third-order valence-electron chi connectivity index (χ3n) is 14.8. The zero-order chi connectivity index (χ0) is 44.5. The predicted octanol–water partition coefficient (Wildman–Crippen LogP) is 15.3. The van der Waals surface area contributed by atoms with E-state index < -0.39 is 0 Å². The van der Waals surface area contributed by atoms with Gasteiger partial charge in [-0.2, -0.15) is 0 Å². The molecule has 318 valence electrons. The lowest BCUT2D eigenvalue weighted by atomic mass is 9.33. The first kappa shape index (κ1) is 40.9. The van der Waals surface area contributed by atoms with Gasteiger partial charge in [0.15, 0.2) is 0 Å². The molecule has 0 spiro atoms. The molecular formula is C60H59BN2S. The van der Waals surface area contributed by atoms with Gasteiger partial charge < -0.3 is 9.80 Å². The van der Waals surface area contributed by atoms with E-state index in [-0.39, 0.29) is 28.4 Å². The van der Waals surface area contributed by atoms with Crippen molar-refractivity contribution >= 4 is 78.0 Å². The number of benzene rings is 7. The van der Waals surface area contributed by atoms with Crippen molar-refractivity contribution in [1.29, 1.82) is 0 Å². The van der Waals surface area contributed by atoms with E-state index in [9.17, 15) is 0 Å². The lowest BCUT2D eigenvalue weighted by Gasteiger charge is -2.44. The van der Waals surface area contributed by atoms with Crippen LogP contribution < -0.4 is 26.2 Å². The summed E-state index contributed by atoms with van der Waals surface area (Å²) >= 11 is 2.00. The molecule has 0 saturated heterocycles. The van der Waals surface area contributed by atoms with Crippen LogP contribution >= 0.6 is 11.3 Å². The second kappa shape index (κ2) is 14.3. The van der Waals surface area contributed by atoms with Gasteiger partial charge in [0.1, 0.15) is 0 Å². The Morgan fingerprint density at radius 1 is 0.469 bits per heavy atom.